The number of nitrogens with zero attached hydrogens (tertiary/aromatic N) is 1. The van der Waals surface area contributed by atoms with E-state index in [0.29, 0.717) is 11.1 Å². The average molecular weight is 351 g/mol. The number of nitrogens with one attached hydrogen (secondary N) is 1. The van der Waals surface area contributed by atoms with E-state index in [1.807, 2.05) is 30.3 Å². The number of nitrogens with two attached hydrogens (primary N) is 1. The summed E-state index contributed by atoms with van der Waals surface area (Å²) in [6.07, 6.45) is 3.68. The van der Waals surface area contributed by atoms with E-state index in [2.05, 4.69) is 5.32 Å². The summed E-state index contributed by atoms with van der Waals surface area (Å²) in [5, 5.41) is 3.06. The van der Waals surface area contributed by atoms with Gasteiger partial charge in [-0.15, -0.1) is 0 Å². The van der Waals surface area contributed by atoms with Crippen LogP contribution in [0.25, 0.3) is 0 Å². The molecule has 1 aliphatic carbocycles. The normalized spacial score (nSPS) is 19.6. The van der Waals surface area contributed by atoms with Gasteiger partial charge in [0.2, 0.25) is 0 Å². The molecule has 0 atom stereocenters. The molecular weight excluding hydrogens is 326 g/mol. The Hall–Kier alpha value is -2.66. The van der Waals surface area contributed by atoms with Crippen LogP contribution in [0.4, 0.5) is 5.69 Å². The standard InChI is InChI=1S/C21H25N3O2/c1-24(19-8-3-2-4-9-19)21(26)16-7-5-6-15(14-16)20(25)23-18-12-10-17(22)11-13-18/h2-9,14,17-18H,10-13,22H2,1H3,(H,23,25). The third kappa shape index (κ3) is 4.29. The third-order valence-corrected chi connectivity index (χ3v) is 4.93. The van der Waals surface area contributed by atoms with E-state index in [1.54, 1.807) is 36.2 Å². The van der Waals surface area contributed by atoms with E-state index < -0.39 is 0 Å². The lowest BCUT2D eigenvalue weighted by molar-refractivity contribution is 0.0926. The second-order valence-corrected chi connectivity index (χ2v) is 6.87. The summed E-state index contributed by atoms with van der Waals surface area (Å²) in [7, 11) is 1.73. The van der Waals surface area contributed by atoms with Crippen molar-refractivity contribution in [3.63, 3.8) is 0 Å². The second-order valence-electron chi connectivity index (χ2n) is 6.87. The molecule has 1 aliphatic rings. The van der Waals surface area contributed by atoms with E-state index in [4.69, 9.17) is 5.73 Å². The van der Waals surface area contributed by atoms with Crippen LogP contribution in [-0.2, 0) is 0 Å². The summed E-state index contributed by atoms with van der Waals surface area (Å²) in [6.45, 7) is 0. The maximum Gasteiger partial charge on any atom is 0.258 e. The highest BCUT2D eigenvalue weighted by Gasteiger charge is 2.21. The second kappa shape index (κ2) is 8.15. The number of carbonyl (C=O) groups is 2. The molecule has 0 aromatic heterocycles. The monoisotopic (exact) mass is 351 g/mol. The van der Waals surface area contributed by atoms with Crippen LogP contribution in [0.2, 0.25) is 0 Å². The molecule has 3 N–H and O–H groups in total. The van der Waals surface area contributed by atoms with Crippen molar-refractivity contribution in [3.05, 3.63) is 65.7 Å². The van der Waals surface area contributed by atoms with E-state index >= 15 is 0 Å². The number of hydrogen-bond acceptors (Lipinski definition) is 3. The molecule has 0 saturated heterocycles. The van der Waals surface area contributed by atoms with Gasteiger partial charge in [-0.2, -0.15) is 0 Å². The molecule has 0 aliphatic heterocycles. The molecule has 2 aromatic rings. The molecule has 2 amide bonds. The predicted octanol–water partition coefficient (Wildman–Crippen LogP) is 2.96. The van der Waals surface area contributed by atoms with Crippen molar-refractivity contribution in [2.45, 2.75) is 37.8 Å². The van der Waals surface area contributed by atoms with Gasteiger partial charge in [0.25, 0.3) is 11.8 Å². The third-order valence-electron chi connectivity index (χ3n) is 4.93. The van der Waals surface area contributed by atoms with Gasteiger partial charge in [-0.3, -0.25) is 9.59 Å². The fourth-order valence-electron chi connectivity index (χ4n) is 3.29. The number of rotatable bonds is 4. The minimum absolute atomic E-state index is 0.137. The van der Waals surface area contributed by atoms with Crippen LogP contribution in [0.3, 0.4) is 0 Å². The van der Waals surface area contributed by atoms with Crippen molar-refractivity contribution in [1.29, 1.82) is 0 Å². The van der Waals surface area contributed by atoms with Crippen LogP contribution in [0.1, 0.15) is 46.4 Å². The first-order valence-electron chi connectivity index (χ1n) is 9.04. The number of amides is 2. The first kappa shape index (κ1) is 18.1. The Labute approximate surface area is 154 Å². The highest BCUT2D eigenvalue weighted by Crippen LogP contribution is 2.18. The summed E-state index contributed by atoms with van der Waals surface area (Å²) in [5.41, 5.74) is 7.73. The zero-order valence-corrected chi connectivity index (χ0v) is 15.0. The molecule has 1 fully saturated rings. The Morgan fingerprint density at radius 1 is 0.962 bits per heavy atom. The maximum absolute atomic E-state index is 12.7. The molecule has 3 rings (SSSR count). The number of anilines is 1. The van der Waals surface area contributed by atoms with Crippen LogP contribution in [0, 0.1) is 0 Å². The molecule has 26 heavy (non-hydrogen) atoms. The van der Waals surface area contributed by atoms with E-state index in [9.17, 15) is 9.59 Å². The van der Waals surface area contributed by atoms with Gasteiger partial charge >= 0.3 is 0 Å². The summed E-state index contributed by atoms with van der Waals surface area (Å²) in [6, 6.07) is 16.7. The molecule has 5 heteroatoms. The minimum Gasteiger partial charge on any atom is -0.349 e. The molecule has 2 aromatic carbocycles. The molecule has 0 unspecified atom stereocenters. The number of para-hydroxylation sites is 1. The van der Waals surface area contributed by atoms with Crippen LogP contribution in [0.15, 0.2) is 54.6 Å². The number of benzene rings is 2. The van der Waals surface area contributed by atoms with Gasteiger partial charge in [0, 0.05) is 35.9 Å². The fourth-order valence-corrected chi connectivity index (χ4v) is 3.29. The van der Waals surface area contributed by atoms with Crippen molar-refractivity contribution in [2.24, 2.45) is 5.73 Å². The first-order valence-corrected chi connectivity index (χ1v) is 9.04. The molecule has 136 valence electrons. The summed E-state index contributed by atoms with van der Waals surface area (Å²) in [5.74, 6) is -0.281. The molecule has 5 nitrogen and oxygen atoms in total. The van der Waals surface area contributed by atoms with Crippen LogP contribution < -0.4 is 16.0 Å². The van der Waals surface area contributed by atoms with Crippen molar-refractivity contribution in [1.82, 2.24) is 5.32 Å². The van der Waals surface area contributed by atoms with Crippen molar-refractivity contribution in [2.75, 3.05) is 11.9 Å². The van der Waals surface area contributed by atoms with Crippen LogP contribution >= 0.6 is 0 Å². The Bertz CT molecular complexity index is 768. The lowest BCUT2D eigenvalue weighted by Gasteiger charge is -2.26. The summed E-state index contributed by atoms with van der Waals surface area (Å²) in [4.78, 5) is 26.9. The summed E-state index contributed by atoms with van der Waals surface area (Å²) >= 11 is 0. The molecule has 0 heterocycles. The van der Waals surface area contributed by atoms with Crippen molar-refractivity contribution < 1.29 is 9.59 Å². The van der Waals surface area contributed by atoms with Gasteiger partial charge in [0.1, 0.15) is 0 Å². The lowest BCUT2D eigenvalue weighted by Crippen LogP contribution is -2.40. The van der Waals surface area contributed by atoms with Gasteiger partial charge in [-0.1, -0.05) is 24.3 Å². The zero-order valence-electron chi connectivity index (χ0n) is 15.0. The lowest BCUT2D eigenvalue weighted by atomic mass is 9.91. The Balaban J connectivity index is 1.69. The highest BCUT2D eigenvalue weighted by atomic mass is 16.2. The minimum atomic E-state index is -0.144. The molecule has 0 radical (unpaired) electrons. The van der Waals surface area contributed by atoms with Gasteiger partial charge in [-0.05, 0) is 56.0 Å². The quantitative estimate of drug-likeness (QED) is 0.889. The van der Waals surface area contributed by atoms with Crippen LogP contribution in [-0.4, -0.2) is 30.9 Å². The highest BCUT2D eigenvalue weighted by molar-refractivity contribution is 6.07. The molecule has 1 saturated carbocycles. The Morgan fingerprint density at radius 2 is 1.62 bits per heavy atom. The van der Waals surface area contributed by atoms with Crippen molar-refractivity contribution >= 4 is 17.5 Å². The molecule has 0 bridgehead atoms. The Kier molecular flexibility index (Phi) is 5.68. The molecular formula is C21H25N3O2. The predicted molar refractivity (Wildman–Crippen MR) is 103 cm³/mol. The first-order chi connectivity index (χ1) is 12.5. The fraction of sp³-hybridized carbons (Fsp3) is 0.333. The van der Waals surface area contributed by atoms with Crippen molar-refractivity contribution in [3.8, 4) is 0 Å². The summed E-state index contributed by atoms with van der Waals surface area (Å²) < 4.78 is 0. The number of hydrogen-bond donors (Lipinski definition) is 2. The smallest absolute Gasteiger partial charge is 0.258 e. The van der Waals surface area contributed by atoms with Gasteiger partial charge in [0.05, 0.1) is 0 Å². The molecule has 0 spiro atoms. The number of carbonyl (C=O) groups excluding carboxylic acids is 2. The largest absolute Gasteiger partial charge is 0.349 e. The zero-order chi connectivity index (χ0) is 18.5. The van der Waals surface area contributed by atoms with E-state index in [-0.39, 0.29) is 23.9 Å². The topological polar surface area (TPSA) is 75.4 Å². The Morgan fingerprint density at radius 3 is 2.31 bits per heavy atom. The van der Waals surface area contributed by atoms with E-state index in [1.165, 1.54) is 0 Å². The van der Waals surface area contributed by atoms with Gasteiger partial charge in [-0.25, -0.2) is 0 Å². The average Bonchev–Trinajstić information content (AvgIpc) is 2.69. The van der Waals surface area contributed by atoms with E-state index in [0.717, 1.165) is 31.4 Å². The van der Waals surface area contributed by atoms with Crippen LogP contribution in [0.5, 0.6) is 0 Å². The SMILES string of the molecule is CN(C(=O)c1cccc(C(=O)NC2CCC(N)CC2)c1)c1ccccc1. The van der Waals surface area contributed by atoms with Gasteiger partial charge < -0.3 is 16.0 Å². The van der Waals surface area contributed by atoms with Gasteiger partial charge in [0.15, 0.2) is 0 Å². The maximum atomic E-state index is 12.7.